The van der Waals surface area contributed by atoms with Gasteiger partial charge in [-0.2, -0.15) is 0 Å². The SMILES string of the molecule is CC(CNC1CCCCC1)Oc1ccccc1Br. The van der Waals surface area contributed by atoms with Gasteiger partial charge in [-0.15, -0.1) is 0 Å². The predicted molar refractivity (Wildman–Crippen MR) is 79.1 cm³/mol. The van der Waals surface area contributed by atoms with Gasteiger partial charge in [-0.05, 0) is 47.8 Å². The van der Waals surface area contributed by atoms with Gasteiger partial charge in [0.15, 0.2) is 0 Å². The van der Waals surface area contributed by atoms with Crippen molar-refractivity contribution >= 4 is 15.9 Å². The average Bonchev–Trinajstić information content (AvgIpc) is 2.40. The summed E-state index contributed by atoms with van der Waals surface area (Å²) in [7, 11) is 0. The maximum absolute atomic E-state index is 5.93. The zero-order valence-corrected chi connectivity index (χ0v) is 12.6. The molecule has 2 nitrogen and oxygen atoms in total. The summed E-state index contributed by atoms with van der Waals surface area (Å²) in [5.41, 5.74) is 0. The fourth-order valence-electron chi connectivity index (χ4n) is 2.44. The van der Waals surface area contributed by atoms with Crippen molar-refractivity contribution in [3.8, 4) is 5.75 Å². The van der Waals surface area contributed by atoms with Gasteiger partial charge in [-0.1, -0.05) is 31.4 Å². The number of para-hydroxylation sites is 1. The molecule has 1 unspecified atom stereocenters. The Morgan fingerprint density at radius 2 is 2.00 bits per heavy atom. The van der Waals surface area contributed by atoms with E-state index in [4.69, 9.17) is 4.74 Å². The van der Waals surface area contributed by atoms with E-state index in [1.807, 2.05) is 24.3 Å². The zero-order chi connectivity index (χ0) is 12.8. The van der Waals surface area contributed by atoms with Crippen molar-refractivity contribution in [2.75, 3.05) is 6.54 Å². The molecular formula is C15H22BrNO. The lowest BCUT2D eigenvalue weighted by molar-refractivity contribution is 0.204. The second kappa shape index (κ2) is 7.15. The number of ether oxygens (including phenoxy) is 1. The molecule has 0 bridgehead atoms. The Kier molecular flexibility index (Phi) is 5.51. The highest BCUT2D eigenvalue weighted by molar-refractivity contribution is 9.10. The summed E-state index contributed by atoms with van der Waals surface area (Å²) in [6, 6.07) is 8.71. The topological polar surface area (TPSA) is 21.3 Å². The van der Waals surface area contributed by atoms with Crippen molar-refractivity contribution in [2.45, 2.75) is 51.2 Å². The summed E-state index contributed by atoms with van der Waals surface area (Å²) in [5.74, 6) is 0.926. The number of hydrogen-bond donors (Lipinski definition) is 1. The maximum atomic E-state index is 5.93. The van der Waals surface area contributed by atoms with Crippen molar-refractivity contribution in [3.63, 3.8) is 0 Å². The average molecular weight is 312 g/mol. The van der Waals surface area contributed by atoms with Gasteiger partial charge in [0.2, 0.25) is 0 Å². The van der Waals surface area contributed by atoms with Crippen molar-refractivity contribution in [2.24, 2.45) is 0 Å². The lowest BCUT2D eigenvalue weighted by Gasteiger charge is -2.25. The van der Waals surface area contributed by atoms with Crippen LogP contribution in [0.5, 0.6) is 5.75 Å². The molecule has 0 aromatic heterocycles. The van der Waals surface area contributed by atoms with Crippen molar-refractivity contribution < 1.29 is 4.74 Å². The molecule has 18 heavy (non-hydrogen) atoms. The van der Waals surface area contributed by atoms with Crippen LogP contribution in [-0.2, 0) is 0 Å². The van der Waals surface area contributed by atoms with E-state index in [1.165, 1.54) is 32.1 Å². The number of benzene rings is 1. The predicted octanol–water partition coefficient (Wildman–Crippen LogP) is 4.14. The summed E-state index contributed by atoms with van der Waals surface area (Å²) in [5, 5.41) is 3.62. The smallest absolute Gasteiger partial charge is 0.133 e. The van der Waals surface area contributed by atoms with E-state index in [2.05, 4.69) is 28.2 Å². The minimum atomic E-state index is 0.200. The van der Waals surface area contributed by atoms with E-state index >= 15 is 0 Å². The fraction of sp³-hybridized carbons (Fsp3) is 0.600. The molecule has 1 aliphatic carbocycles. The third-order valence-electron chi connectivity index (χ3n) is 3.46. The first kappa shape index (κ1) is 13.9. The van der Waals surface area contributed by atoms with E-state index < -0.39 is 0 Å². The summed E-state index contributed by atoms with van der Waals surface area (Å²) in [4.78, 5) is 0. The van der Waals surface area contributed by atoms with Gasteiger partial charge in [0, 0.05) is 12.6 Å². The summed E-state index contributed by atoms with van der Waals surface area (Å²) in [6.07, 6.45) is 6.99. The number of nitrogens with one attached hydrogen (secondary N) is 1. The Balaban J connectivity index is 1.74. The van der Waals surface area contributed by atoms with Gasteiger partial charge in [0.05, 0.1) is 4.47 Å². The first-order valence-electron chi connectivity index (χ1n) is 6.90. The van der Waals surface area contributed by atoms with Crippen LogP contribution in [0, 0.1) is 0 Å². The van der Waals surface area contributed by atoms with Crippen LogP contribution in [-0.4, -0.2) is 18.7 Å². The molecule has 1 aliphatic rings. The van der Waals surface area contributed by atoms with E-state index in [1.54, 1.807) is 0 Å². The van der Waals surface area contributed by atoms with Gasteiger partial charge in [-0.25, -0.2) is 0 Å². The normalized spacial score (nSPS) is 18.6. The first-order valence-corrected chi connectivity index (χ1v) is 7.69. The highest BCUT2D eigenvalue weighted by Gasteiger charge is 2.14. The lowest BCUT2D eigenvalue weighted by Crippen LogP contribution is -2.37. The van der Waals surface area contributed by atoms with Crippen LogP contribution >= 0.6 is 15.9 Å². The van der Waals surface area contributed by atoms with Gasteiger partial charge in [0.1, 0.15) is 11.9 Å². The van der Waals surface area contributed by atoms with Crippen LogP contribution in [0.1, 0.15) is 39.0 Å². The van der Waals surface area contributed by atoms with E-state index in [0.29, 0.717) is 6.04 Å². The molecule has 0 aliphatic heterocycles. The minimum absolute atomic E-state index is 0.200. The molecule has 3 heteroatoms. The Hall–Kier alpha value is -0.540. The van der Waals surface area contributed by atoms with Crippen LogP contribution in [0.25, 0.3) is 0 Å². The van der Waals surface area contributed by atoms with Crippen LogP contribution in [0.4, 0.5) is 0 Å². The Bertz CT molecular complexity index is 363. The van der Waals surface area contributed by atoms with Gasteiger partial charge in [0.25, 0.3) is 0 Å². The molecule has 0 amide bonds. The van der Waals surface area contributed by atoms with E-state index in [0.717, 1.165) is 16.8 Å². The third kappa shape index (κ3) is 4.29. The Morgan fingerprint density at radius 3 is 2.72 bits per heavy atom. The van der Waals surface area contributed by atoms with Gasteiger partial charge >= 0.3 is 0 Å². The molecule has 1 atom stereocenters. The molecule has 2 rings (SSSR count). The third-order valence-corrected chi connectivity index (χ3v) is 4.12. The highest BCUT2D eigenvalue weighted by atomic mass is 79.9. The zero-order valence-electron chi connectivity index (χ0n) is 11.0. The molecule has 1 aromatic rings. The maximum Gasteiger partial charge on any atom is 0.133 e. The van der Waals surface area contributed by atoms with Gasteiger partial charge < -0.3 is 10.1 Å². The molecule has 0 radical (unpaired) electrons. The lowest BCUT2D eigenvalue weighted by atomic mass is 9.95. The number of rotatable bonds is 5. The molecule has 1 N–H and O–H groups in total. The first-order chi connectivity index (χ1) is 8.75. The summed E-state index contributed by atoms with van der Waals surface area (Å²) < 4.78 is 6.95. The summed E-state index contributed by atoms with van der Waals surface area (Å²) >= 11 is 3.51. The largest absolute Gasteiger partial charge is 0.488 e. The van der Waals surface area contributed by atoms with Gasteiger partial charge in [-0.3, -0.25) is 0 Å². The van der Waals surface area contributed by atoms with Crippen molar-refractivity contribution in [1.29, 1.82) is 0 Å². The van der Waals surface area contributed by atoms with Crippen molar-refractivity contribution in [1.82, 2.24) is 5.32 Å². The molecule has 0 heterocycles. The Labute approximate surface area is 118 Å². The monoisotopic (exact) mass is 311 g/mol. The van der Waals surface area contributed by atoms with Crippen LogP contribution < -0.4 is 10.1 Å². The van der Waals surface area contributed by atoms with Crippen LogP contribution in [0.2, 0.25) is 0 Å². The molecule has 0 saturated heterocycles. The second-order valence-electron chi connectivity index (χ2n) is 5.10. The molecule has 100 valence electrons. The molecule has 1 saturated carbocycles. The second-order valence-corrected chi connectivity index (χ2v) is 5.96. The van der Waals surface area contributed by atoms with Crippen LogP contribution in [0.15, 0.2) is 28.7 Å². The van der Waals surface area contributed by atoms with Crippen LogP contribution in [0.3, 0.4) is 0 Å². The Morgan fingerprint density at radius 1 is 1.28 bits per heavy atom. The number of halogens is 1. The quantitative estimate of drug-likeness (QED) is 0.882. The standard InChI is InChI=1S/C15H22BrNO/c1-12(11-17-13-7-3-2-4-8-13)18-15-10-6-5-9-14(15)16/h5-6,9-10,12-13,17H,2-4,7-8,11H2,1H3. The van der Waals surface area contributed by atoms with Crippen molar-refractivity contribution in [3.05, 3.63) is 28.7 Å². The molecule has 0 spiro atoms. The number of hydrogen-bond acceptors (Lipinski definition) is 2. The van der Waals surface area contributed by atoms with E-state index in [9.17, 15) is 0 Å². The fourth-order valence-corrected chi connectivity index (χ4v) is 2.82. The molecule has 1 fully saturated rings. The minimum Gasteiger partial charge on any atom is -0.488 e. The molecule has 1 aromatic carbocycles. The van der Waals surface area contributed by atoms with E-state index in [-0.39, 0.29) is 6.10 Å². The molecular weight excluding hydrogens is 290 g/mol. The summed E-state index contributed by atoms with van der Waals surface area (Å²) in [6.45, 7) is 3.04. The highest BCUT2D eigenvalue weighted by Crippen LogP contribution is 2.24.